The van der Waals surface area contributed by atoms with Crippen LogP contribution < -0.4 is 10.1 Å². The van der Waals surface area contributed by atoms with Crippen molar-refractivity contribution in [3.8, 4) is 5.75 Å². The van der Waals surface area contributed by atoms with Crippen LogP contribution in [0.2, 0.25) is 10.0 Å². The van der Waals surface area contributed by atoms with Crippen LogP contribution >= 0.6 is 23.2 Å². The standard InChI is InChI=1S/C16H14Cl2FNO2/c1-10(11-5-7-12(19)8-6-11)20-15(21)9-22-14-4-2-3-13(17)16(14)18/h2-8,10H,9H2,1H3,(H,20,21)/t10-/m0/s1. The fraction of sp³-hybridized carbons (Fsp3) is 0.188. The highest BCUT2D eigenvalue weighted by Crippen LogP contribution is 2.31. The average Bonchev–Trinajstić information content (AvgIpc) is 2.49. The van der Waals surface area contributed by atoms with Crippen molar-refractivity contribution in [2.24, 2.45) is 0 Å². The maximum atomic E-state index is 12.9. The first-order valence-corrected chi connectivity index (χ1v) is 7.34. The summed E-state index contributed by atoms with van der Waals surface area (Å²) in [7, 11) is 0. The molecule has 0 radical (unpaired) electrons. The summed E-state index contributed by atoms with van der Waals surface area (Å²) in [5.41, 5.74) is 0.801. The van der Waals surface area contributed by atoms with Crippen LogP contribution in [0.4, 0.5) is 4.39 Å². The molecule has 2 rings (SSSR count). The number of hydrogen-bond donors (Lipinski definition) is 1. The van der Waals surface area contributed by atoms with Crippen molar-refractivity contribution in [3.63, 3.8) is 0 Å². The van der Waals surface area contributed by atoms with Gasteiger partial charge in [0.1, 0.15) is 16.6 Å². The molecular weight excluding hydrogens is 328 g/mol. The van der Waals surface area contributed by atoms with E-state index >= 15 is 0 Å². The van der Waals surface area contributed by atoms with Crippen molar-refractivity contribution in [2.45, 2.75) is 13.0 Å². The van der Waals surface area contributed by atoms with Gasteiger partial charge in [-0.3, -0.25) is 4.79 Å². The first-order valence-electron chi connectivity index (χ1n) is 6.59. The van der Waals surface area contributed by atoms with Gasteiger partial charge >= 0.3 is 0 Å². The van der Waals surface area contributed by atoms with Gasteiger partial charge in [-0.1, -0.05) is 41.4 Å². The summed E-state index contributed by atoms with van der Waals surface area (Å²) in [4.78, 5) is 11.9. The molecule has 0 aliphatic heterocycles. The first kappa shape index (κ1) is 16.6. The van der Waals surface area contributed by atoms with E-state index in [1.54, 1.807) is 37.3 Å². The third kappa shape index (κ3) is 4.36. The van der Waals surface area contributed by atoms with Crippen molar-refractivity contribution in [2.75, 3.05) is 6.61 Å². The van der Waals surface area contributed by atoms with E-state index in [0.29, 0.717) is 10.8 Å². The van der Waals surface area contributed by atoms with Gasteiger partial charge in [0, 0.05) is 0 Å². The number of benzene rings is 2. The van der Waals surface area contributed by atoms with E-state index in [1.165, 1.54) is 12.1 Å². The Morgan fingerprint density at radius 2 is 1.91 bits per heavy atom. The first-order chi connectivity index (χ1) is 10.5. The van der Waals surface area contributed by atoms with E-state index in [9.17, 15) is 9.18 Å². The molecule has 0 saturated heterocycles. The maximum Gasteiger partial charge on any atom is 0.258 e. The molecule has 3 nitrogen and oxygen atoms in total. The predicted molar refractivity (Wildman–Crippen MR) is 84.9 cm³/mol. The number of nitrogens with one attached hydrogen (secondary N) is 1. The molecular formula is C16H14Cl2FNO2. The molecule has 0 heterocycles. The van der Waals surface area contributed by atoms with Gasteiger partial charge in [-0.2, -0.15) is 0 Å². The van der Waals surface area contributed by atoms with E-state index in [-0.39, 0.29) is 29.4 Å². The summed E-state index contributed by atoms with van der Waals surface area (Å²) >= 11 is 11.8. The summed E-state index contributed by atoms with van der Waals surface area (Å²) in [5.74, 6) is -0.284. The van der Waals surface area contributed by atoms with E-state index in [4.69, 9.17) is 27.9 Å². The number of carbonyl (C=O) groups is 1. The number of amides is 1. The molecule has 1 amide bonds. The van der Waals surface area contributed by atoms with Gasteiger partial charge in [0.15, 0.2) is 6.61 Å². The summed E-state index contributed by atoms with van der Waals surface area (Å²) in [5, 5.41) is 3.39. The predicted octanol–water partition coefficient (Wildman–Crippen LogP) is 4.39. The van der Waals surface area contributed by atoms with Crippen molar-refractivity contribution in [1.82, 2.24) is 5.32 Å². The normalized spacial score (nSPS) is 11.8. The molecule has 0 aliphatic rings. The molecule has 0 fully saturated rings. The van der Waals surface area contributed by atoms with Crippen molar-refractivity contribution < 1.29 is 13.9 Å². The lowest BCUT2D eigenvalue weighted by atomic mass is 10.1. The zero-order valence-corrected chi connectivity index (χ0v) is 13.3. The van der Waals surface area contributed by atoms with Crippen LogP contribution in [-0.2, 0) is 4.79 Å². The maximum absolute atomic E-state index is 12.9. The number of carbonyl (C=O) groups excluding carboxylic acids is 1. The quantitative estimate of drug-likeness (QED) is 0.875. The molecule has 0 unspecified atom stereocenters. The molecule has 116 valence electrons. The van der Waals surface area contributed by atoms with Crippen LogP contribution in [0.5, 0.6) is 5.75 Å². The minimum atomic E-state index is -0.318. The molecule has 0 saturated carbocycles. The molecule has 0 aromatic heterocycles. The van der Waals surface area contributed by atoms with Gasteiger partial charge in [0.05, 0.1) is 11.1 Å². The van der Waals surface area contributed by atoms with Gasteiger partial charge in [-0.05, 0) is 36.8 Å². The fourth-order valence-corrected chi connectivity index (χ4v) is 2.20. The Morgan fingerprint density at radius 1 is 1.23 bits per heavy atom. The number of rotatable bonds is 5. The zero-order valence-electron chi connectivity index (χ0n) is 11.8. The Kier molecular flexibility index (Phi) is 5.63. The minimum absolute atomic E-state index is 0.189. The molecule has 0 aliphatic carbocycles. The van der Waals surface area contributed by atoms with Crippen LogP contribution in [0.15, 0.2) is 42.5 Å². The molecule has 2 aromatic rings. The van der Waals surface area contributed by atoms with Gasteiger partial charge in [-0.25, -0.2) is 4.39 Å². The highest BCUT2D eigenvalue weighted by molar-refractivity contribution is 6.42. The van der Waals surface area contributed by atoms with Gasteiger partial charge in [-0.15, -0.1) is 0 Å². The second kappa shape index (κ2) is 7.47. The molecule has 2 aromatic carbocycles. The van der Waals surface area contributed by atoms with Gasteiger partial charge in [0.25, 0.3) is 5.91 Å². The number of halogens is 3. The van der Waals surface area contributed by atoms with E-state index < -0.39 is 0 Å². The Hall–Kier alpha value is -1.78. The van der Waals surface area contributed by atoms with Crippen LogP contribution in [0.25, 0.3) is 0 Å². The summed E-state index contributed by atoms with van der Waals surface area (Å²) in [6.45, 7) is 1.61. The van der Waals surface area contributed by atoms with Gasteiger partial charge in [0.2, 0.25) is 0 Å². The van der Waals surface area contributed by atoms with Crippen LogP contribution in [0, 0.1) is 5.82 Å². The highest BCUT2D eigenvalue weighted by Gasteiger charge is 2.12. The second-order valence-electron chi connectivity index (χ2n) is 4.68. The zero-order chi connectivity index (χ0) is 16.1. The topological polar surface area (TPSA) is 38.3 Å². The SMILES string of the molecule is C[C@H](NC(=O)COc1cccc(Cl)c1Cl)c1ccc(F)cc1. The molecule has 0 spiro atoms. The smallest absolute Gasteiger partial charge is 0.258 e. The van der Waals surface area contributed by atoms with Crippen molar-refractivity contribution in [3.05, 3.63) is 63.9 Å². The molecule has 22 heavy (non-hydrogen) atoms. The fourth-order valence-electron chi connectivity index (χ4n) is 1.86. The monoisotopic (exact) mass is 341 g/mol. The molecule has 6 heteroatoms. The van der Waals surface area contributed by atoms with Gasteiger partial charge < -0.3 is 10.1 Å². The molecule has 1 N–H and O–H groups in total. The number of hydrogen-bond acceptors (Lipinski definition) is 2. The van der Waals surface area contributed by atoms with E-state index in [1.807, 2.05) is 0 Å². The van der Waals surface area contributed by atoms with E-state index in [2.05, 4.69) is 5.32 Å². The third-order valence-corrected chi connectivity index (χ3v) is 3.82. The lowest BCUT2D eigenvalue weighted by Crippen LogP contribution is -2.31. The lowest BCUT2D eigenvalue weighted by Gasteiger charge is -2.15. The Morgan fingerprint density at radius 3 is 2.59 bits per heavy atom. The molecule has 1 atom stereocenters. The summed E-state index contributed by atoms with van der Waals surface area (Å²) < 4.78 is 18.2. The largest absolute Gasteiger partial charge is 0.482 e. The van der Waals surface area contributed by atoms with E-state index in [0.717, 1.165) is 5.56 Å². The van der Waals surface area contributed by atoms with Crippen LogP contribution in [-0.4, -0.2) is 12.5 Å². The number of ether oxygens (including phenoxy) is 1. The van der Waals surface area contributed by atoms with Crippen LogP contribution in [0.1, 0.15) is 18.5 Å². The average molecular weight is 342 g/mol. The Labute approximate surface area is 138 Å². The Bertz CT molecular complexity index is 662. The lowest BCUT2D eigenvalue weighted by molar-refractivity contribution is -0.123. The Balaban J connectivity index is 1.90. The third-order valence-electron chi connectivity index (χ3n) is 3.02. The summed E-state index contributed by atoms with van der Waals surface area (Å²) in [6.07, 6.45) is 0. The van der Waals surface area contributed by atoms with Crippen molar-refractivity contribution in [1.29, 1.82) is 0 Å². The van der Waals surface area contributed by atoms with Crippen molar-refractivity contribution >= 4 is 29.1 Å². The molecule has 0 bridgehead atoms. The minimum Gasteiger partial charge on any atom is -0.482 e. The van der Waals surface area contributed by atoms with Crippen LogP contribution in [0.3, 0.4) is 0 Å². The second-order valence-corrected chi connectivity index (χ2v) is 5.47. The highest BCUT2D eigenvalue weighted by atomic mass is 35.5. The summed E-state index contributed by atoms with van der Waals surface area (Å²) in [6, 6.07) is 10.6.